The second kappa shape index (κ2) is 1.19. The molecule has 0 unspecified atom stereocenters. The first-order chi connectivity index (χ1) is 3.43. The summed E-state index contributed by atoms with van der Waals surface area (Å²) in [6, 6.07) is 0. The molecule has 0 rings (SSSR count). The number of halogens is 7. The van der Waals surface area contributed by atoms with Gasteiger partial charge in [0, 0.05) is 0 Å². The van der Waals surface area contributed by atoms with Crippen LogP contribution in [-0.2, 0) is 0 Å². The van der Waals surface area contributed by atoms with Gasteiger partial charge in [0.2, 0.25) is 0 Å². The molecule has 0 amide bonds. The van der Waals surface area contributed by atoms with Gasteiger partial charge in [-0.3, -0.25) is 0 Å². The van der Waals surface area contributed by atoms with Gasteiger partial charge in [0.15, 0.2) is 0 Å². The Morgan fingerprint density at radius 3 is 0.889 bits per heavy atom. The third-order valence-electron chi connectivity index (χ3n) is 0.369. The number of rotatable bonds is 1. The summed E-state index contributed by atoms with van der Waals surface area (Å²) >= 11 is 0. The van der Waals surface area contributed by atoms with Crippen LogP contribution < -0.4 is 0 Å². The second-order valence-electron chi connectivity index (χ2n) is 1.40. The average Bonchev–Trinajstić information content (AvgIpc) is 1.24. The molecule has 0 heterocycles. The van der Waals surface area contributed by atoms with Crippen LogP contribution in [0.4, 0.5) is 29.8 Å². The number of hydrogen-bond acceptors (Lipinski definition) is 0. The number of hydrogen-bond donors (Lipinski definition) is 0. The zero-order valence-corrected chi connectivity index (χ0v) is 4.56. The van der Waals surface area contributed by atoms with Gasteiger partial charge in [-0.15, -0.1) is 0 Å². The van der Waals surface area contributed by atoms with E-state index in [1.807, 2.05) is 0 Å². The second-order valence-corrected chi connectivity index (χ2v) is 4.05. The van der Waals surface area contributed by atoms with Crippen molar-refractivity contribution in [1.29, 1.82) is 0 Å². The van der Waals surface area contributed by atoms with E-state index in [1.54, 1.807) is 0 Å². The molecule has 0 aliphatic carbocycles. The molecule has 60 valence electrons. The minimum absolute atomic E-state index is 5.50. The monoisotopic (exact) mass is 177 g/mol. The molecule has 0 N–H and O–H groups in total. The summed E-state index contributed by atoms with van der Waals surface area (Å²) < 4.78 is 74.0. The fourth-order valence-corrected chi connectivity index (χ4v) is 0. The molecule has 0 nitrogen and oxygen atoms in total. The zero-order valence-electron chi connectivity index (χ0n) is 3.67. The summed E-state index contributed by atoms with van der Waals surface area (Å²) in [4.78, 5) is 0. The van der Waals surface area contributed by atoms with Crippen LogP contribution in [0.2, 0.25) is 0 Å². The molecular formula is CHF7P-. The van der Waals surface area contributed by atoms with Crippen molar-refractivity contribution in [2.24, 2.45) is 0 Å². The molecule has 0 aromatic carbocycles. The van der Waals surface area contributed by atoms with Crippen molar-refractivity contribution in [3.05, 3.63) is 0 Å². The Morgan fingerprint density at radius 2 is 0.889 bits per heavy atom. The minimum atomic E-state index is -10.6. The predicted molar refractivity (Wildman–Crippen MR) is 18.5 cm³/mol. The first-order valence-electron chi connectivity index (χ1n) is 1.54. The van der Waals surface area contributed by atoms with Crippen molar-refractivity contribution in [3.8, 4) is 0 Å². The maximum absolute atomic E-state index is 10.6. The van der Waals surface area contributed by atoms with Gasteiger partial charge in [-0.1, -0.05) is 0 Å². The Labute approximate surface area is 44.8 Å². The fourth-order valence-electron chi connectivity index (χ4n) is 0. The summed E-state index contributed by atoms with van der Waals surface area (Å²) in [5, 5.41) is 0. The summed E-state index contributed by atoms with van der Waals surface area (Å²) in [6.07, 6.45) is -5.50. The third kappa shape index (κ3) is 2.84. The molecule has 0 bridgehead atoms. The Kier molecular flexibility index (Phi) is 1.18. The van der Waals surface area contributed by atoms with Crippen LogP contribution in [0.15, 0.2) is 0 Å². The third-order valence-corrected chi connectivity index (χ3v) is 1.11. The molecule has 9 heavy (non-hydrogen) atoms. The molecule has 8 heteroatoms. The van der Waals surface area contributed by atoms with Crippen molar-refractivity contribution in [2.45, 2.75) is 6.17 Å². The number of alkyl halides is 2. The molecule has 0 saturated carbocycles. The van der Waals surface area contributed by atoms with Crippen molar-refractivity contribution < 1.29 is 29.8 Å². The van der Waals surface area contributed by atoms with Crippen LogP contribution >= 0.6 is 7.50 Å². The maximum atomic E-state index is 10.6. The van der Waals surface area contributed by atoms with E-state index in [0.29, 0.717) is 0 Å². The van der Waals surface area contributed by atoms with E-state index >= 15 is 0 Å². The normalized spacial score (nSPS) is 21.3. The van der Waals surface area contributed by atoms with E-state index in [-0.39, 0.29) is 0 Å². The van der Waals surface area contributed by atoms with E-state index in [0.717, 1.165) is 0 Å². The summed E-state index contributed by atoms with van der Waals surface area (Å²) in [5.41, 5.74) is 0. The first-order valence-corrected chi connectivity index (χ1v) is 3.75. The van der Waals surface area contributed by atoms with Crippen molar-refractivity contribution in [1.82, 2.24) is 0 Å². The van der Waals surface area contributed by atoms with Gasteiger partial charge in [-0.2, -0.15) is 0 Å². The molecule has 0 saturated heterocycles. The first kappa shape index (κ1) is 8.94. The molecule has 0 fully saturated rings. The Morgan fingerprint density at radius 1 is 0.778 bits per heavy atom. The zero-order chi connectivity index (χ0) is 7.99. The van der Waals surface area contributed by atoms with Gasteiger partial charge < -0.3 is 0 Å². The van der Waals surface area contributed by atoms with Gasteiger partial charge in [0.1, 0.15) is 0 Å². The molecule has 0 spiro atoms. The topological polar surface area (TPSA) is 0 Å². The van der Waals surface area contributed by atoms with Gasteiger partial charge in [0.05, 0.1) is 0 Å². The summed E-state index contributed by atoms with van der Waals surface area (Å²) in [5.74, 6) is 0. The quantitative estimate of drug-likeness (QED) is 0.422. The molecule has 0 aromatic heterocycles. The molecule has 0 atom stereocenters. The van der Waals surface area contributed by atoms with E-state index < -0.39 is 13.7 Å². The molecule has 0 aliphatic heterocycles. The van der Waals surface area contributed by atoms with Gasteiger partial charge >= 0.3 is 43.4 Å². The SMILES string of the molecule is FC(F)[P-](F)(F)(F)(F)F. The predicted octanol–water partition coefficient (Wildman–Crippen LogP) is 3.72. The van der Waals surface area contributed by atoms with Crippen LogP contribution in [0.5, 0.6) is 0 Å². The van der Waals surface area contributed by atoms with E-state index in [9.17, 15) is 29.8 Å². The molecule has 0 radical (unpaired) electrons. The van der Waals surface area contributed by atoms with Crippen LogP contribution in [0, 0.1) is 0 Å². The van der Waals surface area contributed by atoms with Gasteiger partial charge in [-0.25, -0.2) is 0 Å². The van der Waals surface area contributed by atoms with Gasteiger partial charge in [-0.05, 0) is 0 Å². The van der Waals surface area contributed by atoms with Gasteiger partial charge in [0.25, 0.3) is 0 Å². The van der Waals surface area contributed by atoms with E-state index in [1.165, 1.54) is 0 Å². The van der Waals surface area contributed by atoms with E-state index in [4.69, 9.17) is 0 Å². The molecular weight excluding hydrogens is 176 g/mol. The van der Waals surface area contributed by atoms with Crippen molar-refractivity contribution >= 4 is 7.50 Å². The van der Waals surface area contributed by atoms with Crippen molar-refractivity contribution in [3.63, 3.8) is 0 Å². The summed E-state index contributed by atoms with van der Waals surface area (Å²) in [6.45, 7) is 0. The van der Waals surface area contributed by atoms with Crippen LogP contribution in [0.1, 0.15) is 0 Å². The average molecular weight is 177 g/mol. The van der Waals surface area contributed by atoms with Crippen molar-refractivity contribution in [2.75, 3.05) is 0 Å². The fraction of sp³-hybridized carbons (Fsp3) is 1.00. The Balaban J connectivity index is 4.76. The van der Waals surface area contributed by atoms with Crippen LogP contribution in [0.3, 0.4) is 0 Å². The van der Waals surface area contributed by atoms with Crippen LogP contribution in [-0.4, -0.2) is 6.17 Å². The molecule has 0 aromatic rings. The summed E-state index contributed by atoms with van der Waals surface area (Å²) in [7, 11) is -10.6. The Hall–Kier alpha value is -0.0600. The van der Waals surface area contributed by atoms with E-state index in [2.05, 4.69) is 0 Å². The standard InChI is InChI=1S/CHF7P/c2-1(3)9(4,5,6,7)8/h1H/q-1. The molecule has 0 aliphatic rings. The van der Waals surface area contributed by atoms with Crippen LogP contribution in [0.25, 0.3) is 0 Å². The Bertz CT molecular complexity index is 112.